The molecule has 22 heavy (non-hydrogen) atoms. The first-order valence-corrected chi connectivity index (χ1v) is 7.46. The van der Waals surface area contributed by atoms with Gasteiger partial charge in [0, 0.05) is 12.7 Å². The molecule has 0 amide bonds. The molecule has 0 aliphatic heterocycles. The number of carbonyl (C=O) groups is 1. The normalized spacial score (nSPS) is 12.2. The van der Waals surface area contributed by atoms with Crippen LogP contribution in [0, 0.1) is 0 Å². The highest BCUT2D eigenvalue weighted by molar-refractivity contribution is 7.89. The molecule has 0 bridgehead atoms. The summed E-state index contributed by atoms with van der Waals surface area (Å²) in [5, 5.41) is 8.57. The largest absolute Gasteiger partial charge is 0.462 e. The Hall–Kier alpha value is -1.72. The van der Waals surface area contributed by atoms with Gasteiger partial charge < -0.3 is 9.84 Å². The monoisotopic (exact) mass is 342 g/mol. The zero-order chi connectivity index (χ0) is 17.0. The molecule has 0 aliphatic rings. The van der Waals surface area contributed by atoms with Crippen LogP contribution in [0.15, 0.2) is 17.2 Å². The van der Waals surface area contributed by atoms with Crippen LogP contribution >= 0.6 is 0 Å². The van der Waals surface area contributed by atoms with Gasteiger partial charge in [-0.1, -0.05) is 0 Å². The second-order valence-electron chi connectivity index (χ2n) is 3.91. The molecular weight excluding hydrogens is 329 g/mol. The molecule has 1 rings (SSSR count). The van der Waals surface area contributed by atoms with E-state index in [1.807, 2.05) is 4.72 Å². The predicted octanol–water partition coefficient (Wildman–Crippen LogP) is 0.548. The average molecular weight is 342 g/mol. The molecule has 11 heteroatoms. The van der Waals surface area contributed by atoms with Crippen molar-refractivity contribution in [3.05, 3.63) is 23.5 Å². The number of nitrogens with one attached hydrogen (secondary N) is 1. The summed E-state index contributed by atoms with van der Waals surface area (Å²) in [6.07, 6.45) is -4.46. The van der Waals surface area contributed by atoms with Gasteiger partial charge in [0.2, 0.25) is 10.0 Å². The van der Waals surface area contributed by atoms with Crippen LogP contribution in [0.25, 0.3) is 0 Å². The Morgan fingerprint density at radius 1 is 1.45 bits per heavy atom. The summed E-state index contributed by atoms with van der Waals surface area (Å²) in [5.41, 5.74) is -2.53. The minimum atomic E-state index is -4.94. The number of aliphatic hydroxyl groups excluding tert-OH is 1. The number of esters is 1. The predicted molar refractivity (Wildman–Crippen MR) is 67.5 cm³/mol. The van der Waals surface area contributed by atoms with Crippen molar-refractivity contribution in [2.45, 2.75) is 18.0 Å². The molecule has 0 saturated heterocycles. The molecule has 0 atom stereocenters. The number of carbonyl (C=O) groups excluding carboxylic acids is 1. The van der Waals surface area contributed by atoms with Gasteiger partial charge in [-0.2, -0.15) is 13.2 Å². The summed E-state index contributed by atoms with van der Waals surface area (Å²) in [4.78, 5) is 14.0. The minimum absolute atomic E-state index is 0.185. The Kier molecular flexibility index (Phi) is 5.85. The maximum Gasteiger partial charge on any atom is 0.434 e. The molecule has 124 valence electrons. The van der Waals surface area contributed by atoms with Gasteiger partial charge in [-0.25, -0.2) is 22.9 Å². The third-order valence-electron chi connectivity index (χ3n) is 2.34. The van der Waals surface area contributed by atoms with Crippen molar-refractivity contribution >= 4 is 16.0 Å². The molecule has 2 N–H and O–H groups in total. The Labute approximate surface area is 124 Å². The summed E-state index contributed by atoms with van der Waals surface area (Å²) in [6.45, 7) is 0.369. The third kappa shape index (κ3) is 4.39. The molecule has 0 spiro atoms. The van der Waals surface area contributed by atoms with E-state index in [1.165, 1.54) is 6.92 Å². The lowest BCUT2D eigenvalue weighted by Crippen LogP contribution is -2.27. The van der Waals surface area contributed by atoms with Crippen molar-refractivity contribution in [1.82, 2.24) is 9.71 Å². The van der Waals surface area contributed by atoms with Crippen LogP contribution in [0.1, 0.15) is 23.0 Å². The number of halogens is 3. The van der Waals surface area contributed by atoms with E-state index < -0.39 is 44.9 Å². The third-order valence-corrected chi connectivity index (χ3v) is 3.77. The van der Waals surface area contributed by atoms with Gasteiger partial charge in [0.15, 0.2) is 5.69 Å². The van der Waals surface area contributed by atoms with Gasteiger partial charge in [-0.15, -0.1) is 0 Å². The lowest BCUT2D eigenvalue weighted by Gasteiger charge is -2.13. The van der Waals surface area contributed by atoms with E-state index in [4.69, 9.17) is 5.11 Å². The Morgan fingerprint density at radius 3 is 2.59 bits per heavy atom. The molecule has 0 aliphatic carbocycles. The van der Waals surface area contributed by atoms with Crippen LogP contribution in [-0.4, -0.2) is 44.2 Å². The van der Waals surface area contributed by atoms with Crippen LogP contribution in [0.5, 0.6) is 0 Å². The molecule has 1 aromatic rings. The highest BCUT2D eigenvalue weighted by atomic mass is 32.2. The van der Waals surface area contributed by atoms with Crippen molar-refractivity contribution in [1.29, 1.82) is 0 Å². The van der Waals surface area contributed by atoms with Gasteiger partial charge in [0.1, 0.15) is 4.90 Å². The highest BCUT2D eigenvalue weighted by Gasteiger charge is 2.38. The van der Waals surface area contributed by atoms with Crippen molar-refractivity contribution in [2.75, 3.05) is 19.8 Å². The van der Waals surface area contributed by atoms with Crippen molar-refractivity contribution in [2.24, 2.45) is 0 Å². The van der Waals surface area contributed by atoms with E-state index in [2.05, 4.69) is 9.72 Å². The number of pyridine rings is 1. The van der Waals surface area contributed by atoms with Crippen LogP contribution in [0.4, 0.5) is 13.2 Å². The van der Waals surface area contributed by atoms with E-state index >= 15 is 0 Å². The first-order valence-electron chi connectivity index (χ1n) is 5.98. The van der Waals surface area contributed by atoms with Gasteiger partial charge in [-0.3, -0.25) is 0 Å². The van der Waals surface area contributed by atoms with E-state index in [-0.39, 0.29) is 13.2 Å². The van der Waals surface area contributed by atoms with Gasteiger partial charge in [0.25, 0.3) is 0 Å². The standard InChI is InChI=1S/C11H13F3N2O5S/c1-2-21-10(18)8-5-7(22(19,20)16-3-4-17)6-15-9(8)11(12,13)14/h5-6,16-17H,2-4H2,1H3. The van der Waals surface area contributed by atoms with Crippen LogP contribution in [-0.2, 0) is 20.9 Å². The fraction of sp³-hybridized carbons (Fsp3) is 0.455. The van der Waals surface area contributed by atoms with Crippen LogP contribution < -0.4 is 4.72 Å². The quantitative estimate of drug-likeness (QED) is 0.732. The first-order chi connectivity index (χ1) is 10.1. The summed E-state index contributed by atoms with van der Waals surface area (Å²) in [5.74, 6) is -1.33. The number of ether oxygens (including phenoxy) is 1. The van der Waals surface area contributed by atoms with Gasteiger partial charge in [0.05, 0.1) is 18.8 Å². The second-order valence-corrected chi connectivity index (χ2v) is 5.67. The number of rotatable bonds is 6. The molecule has 0 aromatic carbocycles. The fourth-order valence-corrected chi connectivity index (χ4v) is 2.44. The molecule has 0 saturated carbocycles. The van der Waals surface area contributed by atoms with E-state index in [0.29, 0.717) is 12.3 Å². The van der Waals surface area contributed by atoms with Crippen molar-refractivity contribution < 1.29 is 36.2 Å². The number of hydrogen-bond donors (Lipinski definition) is 2. The van der Waals surface area contributed by atoms with Crippen molar-refractivity contribution in [3.63, 3.8) is 0 Å². The maximum absolute atomic E-state index is 12.8. The molecule has 0 radical (unpaired) electrons. The summed E-state index contributed by atoms with van der Waals surface area (Å²) >= 11 is 0. The number of hydrogen-bond acceptors (Lipinski definition) is 6. The number of aliphatic hydroxyl groups is 1. The Balaban J connectivity index is 3.37. The van der Waals surface area contributed by atoms with E-state index in [9.17, 15) is 26.4 Å². The summed E-state index contributed by atoms with van der Waals surface area (Å²) in [7, 11) is -4.20. The molecule has 1 heterocycles. The van der Waals surface area contributed by atoms with Gasteiger partial charge in [-0.05, 0) is 13.0 Å². The maximum atomic E-state index is 12.8. The fourth-order valence-electron chi connectivity index (χ4n) is 1.45. The molecule has 0 fully saturated rings. The number of nitrogens with zero attached hydrogens (tertiary/aromatic N) is 1. The van der Waals surface area contributed by atoms with Gasteiger partial charge >= 0.3 is 12.1 Å². The first kappa shape index (κ1) is 18.3. The molecule has 7 nitrogen and oxygen atoms in total. The zero-order valence-corrected chi connectivity index (χ0v) is 12.2. The highest BCUT2D eigenvalue weighted by Crippen LogP contribution is 2.31. The smallest absolute Gasteiger partial charge is 0.434 e. The minimum Gasteiger partial charge on any atom is -0.462 e. The van der Waals surface area contributed by atoms with E-state index in [1.54, 1.807) is 0 Å². The lowest BCUT2D eigenvalue weighted by molar-refractivity contribution is -0.141. The molecule has 0 unspecified atom stereocenters. The summed E-state index contributed by atoms with van der Waals surface area (Å²) in [6, 6.07) is 0.535. The number of sulfonamides is 1. The molecular formula is C11H13F3N2O5S. The van der Waals surface area contributed by atoms with Crippen molar-refractivity contribution in [3.8, 4) is 0 Å². The van der Waals surface area contributed by atoms with E-state index in [0.717, 1.165) is 0 Å². The summed E-state index contributed by atoms with van der Waals surface area (Å²) < 4.78 is 68.4. The SMILES string of the molecule is CCOC(=O)c1cc(S(=O)(=O)NCCO)cnc1C(F)(F)F. The number of aromatic nitrogens is 1. The Bertz CT molecular complexity index is 646. The number of alkyl halides is 3. The molecule has 1 aromatic heterocycles. The topological polar surface area (TPSA) is 106 Å². The average Bonchev–Trinajstić information content (AvgIpc) is 2.44. The van der Waals surface area contributed by atoms with Crippen LogP contribution in [0.3, 0.4) is 0 Å². The zero-order valence-electron chi connectivity index (χ0n) is 11.3. The lowest BCUT2D eigenvalue weighted by atomic mass is 10.2. The van der Waals surface area contributed by atoms with Crippen LogP contribution in [0.2, 0.25) is 0 Å². The Morgan fingerprint density at radius 2 is 2.09 bits per heavy atom. The second kappa shape index (κ2) is 7.03.